The molecule has 0 aliphatic carbocycles. The zero-order chi connectivity index (χ0) is 15.4. The Morgan fingerprint density at radius 2 is 1.81 bits per heavy atom. The minimum Gasteiger partial charge on any atom is -0.314 e. The second-order valence-electron chi connectivity index (χ2n) is 6.06. The minimum atomic E-state index is 0.401. The van der Waals surface area contributed by atoms with Crippen LogP contribution in [-0.4, -0.2) is 22.4 Å². The highest BCUT2D eigenvalue weighted by Gasteiger charge is 2.09. The Hall–Kier alpha value is -1.61. The molecule has 0 aliphatic heterocycles. The maximum atomic E-state index is 4.59. The van der Waals surface area contributed by atoms with Gasteiger partial charge in [0, 0.05) is 23.8 Å². The third-order valence-corrected chi connectivity index (χ3v) is 3.81. The maximum Gasteiger partial charge on any atom is 0.0672 e. The predicted octanol–water partition coefficient (Wildman–Crippen LogP) is 3.98. The van der Waals surface area contributed by atoms with Gasteiger partial charge in [-0.3, -0.25) is 4.68 Å². The lowest BCUT2D eigenvalue weighted by molar-refractivity contribution is 0.529. The van der Waals surface area contributed by atoms with Gasteiger partial charge in [0.15, 0.2) is 0 Å². The van der Waals surface area contributed by atoms with Crippen LogP contribution in [-0.2, 0) is 6.42 Å². The van der Waals surface area contributed by atoms with Crippen LogP contribution in [0, 0.1) is 6.92 Å². The fourth-order valence-electron chi connectivity index (χ4n) is 2.62. The van der Waals surface area contributed by atoms with Crippen molar-refractivity contribution in [1.82, 2.24) is 15.1 Å². The fourth-order valence-corrected chi connectivity index (χ4v) is 2.62. The van der Waals surface area contributed by atoms with Crippen molar-refractivity contribution in [2.45, 2.75) is 53.1 Å². The smallest absolute Gasteiger partial charge is 0.0672 e. The number of likely N-dealkylation sites (N-methyl/N-ethyl adjacent to an activating group) is 1. The summed E-state index contributed by atoms with van der Waals surface area (Å²) in [6, 6.07) is 9.81. The predicted molar refractivity (Wildman–Crippen MR) is 89.6 cm³/mol. The largest absolute Gasteiger partial charge is 0.314 e. The molecule has 0 radical (unpaired) electrons. The van der Waals surface area contributed by atoms with Crippen LogP contribution in [0.2, 0.25) is 0 Å². The number of nitrogens with zero attached hydrogens (tertiary/aromatic N) is 2. The monoisotopic (exact) mass is 285 g/mol. The van der Waals surface area contributed by atoms with Crippen LogP contribution in [0.25, 0.3) is 11.1 Å². The van der Waals surface area contributed by atoms with E-state index in [1.165, 1.54) is 16.7 Å². The number of nitrogens with one attached hydrogen (secondary N) is 1. The normalized spacial score (nSPS) is 12.9. The van der Waals surface area contributed by atoms with Gasteiger partial charge in [0.1, 0.15) is 0 Å². The molecule has 0 bridgehead atoms. The lowest BCUT2D eigenvalue weighted by Gasteiger charge is -2.12. The minimum absolute atomic E-state index is 0.401. The first-order valence-corrected chi connectivity index (χ1v) is 7.89. The van der Waals surface area contributed by atoms with E-state index in [1.807, 2.05) is 4.68 Å². The van der Waals surface area contributed by atoms with E-state index in [0.29, 0.717) is 12.1 Å². The van der Waals surface area contributed by atoms with Crippen LogP contribution in [0.4, 0.5) is 0 Å². The van der Waals surface area contributed by atoms with Gasteiger partial charge in [-0.05, 0) is 51.8 Å². The molecule has 0 saturated heterocycles. The molecule has 1 atom stereocenters. The van der Waals surface area contributed by atoms with E-state index in [1.54, 1.807) is 0 Å². The molecule has 1 heterocycles. The number of hydrogen-bond acceptors (Lipinski definition) is 2. The molecular weight excluding hydrogens is 258 g/mol. The van der Waals surface area contributed by atoms with Crippen molar-refractivity contribution in [2.24, 2.45) is 0 Å². The van der Waals surface area contributed by atoms with Gasteiger partial charge in [0.2, 0.25) is 0 Å². The van der Waals surface area contributed by atoms with E-state index in [9.17, 15) is 0 Å². The lowest BCUT2D eigenvalue weighted by Crippen LogP contribution is -2.27. The topological polar surface area (TPSA) is 29.9 Å². The van der Waals surface area contributed by atoms with Crippen molar-refractivity contribution in [3.05, 3.63) is 41.7 Å². The Morgan fingerprint density at radius 1 is 1.14 bits per heavy atom. The Bertz CT molecular complexity index is 567. The zero-order valence-corrected chi connectivity index (χ0v) is 13.9. The van der Waals surface area contributed by atoms with Gasteiger partial charge in [-0.25, -0.2) is 0 Å². The summed E-state index contributed by atoms with van der Waals surface area (Å²) in [7, 11) is 0. The van der Waals surface area contributed by atoms with Crippen LogP contribution in [0.15, 0.2) is 30.5 Å². The van der Waals surface area contributed by atoms with Gasteiger partial charge in [-0.2, -0.15) is 5.10 Å². The summed E-state index contributed by atoms with van der Waals surface area (Å²) in [5.74, 6) is 0. The lowest BCUT2D eigenvalue weighted by atomic mass is 10.0. The van der Waals surface area contributed by atoms with E-state index >= 15 is 0 Å². The molecule has 1 unspecified atom stereocenters. The molecule has 3 nitrogen and oxygen atoms in total. The maximum absolute atomic E-state index is 4.59. The molecule has 21 heavy (non-hydrogen) atoms. The van der Waals surface area contributed by atoms with Gasteiger partial charge < -0.3 is 5.32 Å². The Morgan fingerprint density at radius 3 is 2.33 bits per heavy atom. The molecule has 0 aliphatic rings. The van der Waals surface area contributed by atoms with Crippen LogP contribution in [0.5, 0.6) is 0 Å². The standard InChI is InChI=1S/C18H27N3/c1-6-19-14(4)11-16-7-9-17(10-8-16)18-12-21(13(2)3)20-15(18)5/h7-10,12-14,19H,6,11H2,1-5H3. The van der Waals surface area contributed by atoms with Crippen molar-refractivity contribution < 1.29 is 0 Å². The molecule has 1 aromatic heterocycles. The SMILES string of the molecule is CCNC(C)Cc1ccc(-c2cn(C(C)C)nc2C)cc1. The summed E-state index contributed by atoms with van der Waals surface area (Å²) in [5, 5.41) is 8.04. The third kappa shape index (κ3) is 3.94. The molecule has 0 fully saturated rings. The van der Waals surface area contributed by atoms with E-state index in [2.05, 4.69) is 75.5 Å². The number of hydrogen-bond donors (Lipinski definition) is 1. The molecule has 114 valence electrons. The van der Waals surface area contributed by atoms with Gasteiger partial charge in [0.25, 0.3) is 0 Å². The average molecular weight is 285 g/mol. The molecule has 0 spiro atoms. The molecular formula is C18H27N3. The summed E-state index contributed by atoms with van der Waals surface area (Å²) < 4.78 is 2.03. The fraction of sp³-hybridized carbons (Fsp3) is 0.500. The van der Waals surface area contributed by atoms with E-state index in [0.717, 1.165) is 18.7 Å². The van der Waals surface area contributed by atoms with Crippen LogP contribution >= 0.6 is 0 Å². The number of aromatic nitrogens is 2. The van der Waals surface area contributed by atoms with E-state index in [4.69, 9.17) is 0 Å². The van der Waals surface area contributed by atoms with Crippen molar-refractivity contribution in [2.75, 3.05) is 6.54 Å². The molecule has 3 heteroatoms. The van der Waals surface area contributed by atoms with Crippen LogP contribution in [0.1, 0.15) is 45.0 Å². The summed E-state index contributed by atoms with van der Waals surface area (Å²) in [6.07, 6.45) is 3.22. The highest BCUT2D eigenvalue weighted by Crippen LogP contribution is 2.24. The quantitative estimate of drug-likeness (QED) is 0.870. The van der Waals surface area contributed by atoms with Gasteiger partial charge in [0.05, 0.1) is 5.69 Å². The Balaban J connectivity index is 2.15. The first-order valence-electron chi connectivity index (χ1n) is 7.89. The molecule has 1 aromatic carbocycles. The van der Waals surface area contributed by atoms with Crippen molar-refractivity contribution in [3.63, 3.8) is 0 Å². The second-order valence-corrected chi connectivity index (χ2v) is 6.06. The Kier molecular flexibility index (Phi) is 5.18. The number of benzene rings is 1. The number of aryl methyl sites for hydroxylation is 1. The van der Waals surface area contributed by atoms with E-state index < -0.39 is 0 Å². The molecule has 0 saturated carbocycles. The Labute approximate surface area is 128 Å². The second kappa shape index (κ2) is 6.90. The summed E-state index contributed by atoms with van der Waals surface area (Å²) in [6.45, 7) is 11.8. The first-order chi connectivity index (χ1) is 10.0. The zero-order valence-electron chi connectivity index (χ0n) is 13.9. The average Bonchev–Trinajstić information content (AvgIpc) is 2.82. The molecule has 2 rings (SSSR count). The molecule has 0 amide bonds. The summed E-state index contributed by atoms with van der Waals surface area (Å²) >= 11 is 0. The van der Waals surface area contributed by atoms with Crippen molar-refractivity contribution in [1.29, 1.82) is 0 Å². The van der Waals surface area contributed by atoms with Crippen molar-refractivity contribution in [3.8, 4) is 11.1 Å². The van der Waals surface area contributed by atoms with E-state index in [-0.39, 0.29) is 0 Å². The van der Waals surface area contributed by atoms with Crippen LogP contribution < -0.4 is 5.32 Å². The first kappa shape index (κ1) is 15.8. The third-order valence-electron chi connectivity index (χ3n) is 3.81. The molecule has 1 N–H and O–H groups in total. The van der Waals surface area contributed by atoms with Gasteiger partial charge in [-0.15, -0.1) is 0 Å². The highest BCUT2D eigenvalue weighted by molar-refractivity contribution is 5.65. The van der Waals surface area contributed by atoms with Crippen molar-refractivity contribution >= 4 is 0 Å². The highest BCUT2D eigenvalue weighted by atomic mass is 15.3. The molecule has 2 aromatic rings. The summed E-state index contributed by atoms with van der Waals surface area (Å²) in [4.78, 5) is 0. The summed E-state index contributed by atoms with van der Waals surface area (Å²) in [5.41, 5.74) is 4.95. The van der Waals surface area contributed by atoms with Gasteiger partial charge in [-0.1, -0.05) is 31.2 Å². The number of rotatable bonds is 6. The van der Waals surface area contributed by atoms with Crippen LogP contribution in [0.3, 0.4) is 0 Å². The van der Waals surface area contributed by atoms with Gasteiger partial charge >= 0.3 is 0 Å².